The lowest BCUT2D eigenvalue weighted by Crippen LogP contribution is -2.24. The molecule has 0 spiro atoms. The summed E-state index contributed by atoms with van der Waals surface area (Å²) in [6.45, 7) is 7.03. The zero-order valence-electron chi connectivity index (χ0n) is 12.7. The fourth-order valence-corrected chi connectivity index (χ4v) is 2.97. The van der Waals surface area contributed by atoms with Crippen LogP contribution in [0.2, 0.25) is 0 Å². The highest BCUT2D eigenvalue weighted by Gasteiger charge is 2.18. The Morgan fingerprint density at radius 3 is 2.19 bits per heavy atom. The van der Waals surface area contributed by atoms with Gasteiger partial charge in [-0.15, -0.1) is 0 Å². The van der Waals surface area contributed by atoms with Gasteiger partial charge in [-0.3, -0.25) is 0 Å². The SMILES string of the molecule is CCCNC(c1ccc(Br)cc1)c1c(C)cc(F)cc1C. The van der Waals surface area contributed by atoms with Crippen LogP contribution in [0.3, 0.4) is 0 Å². The highest BCUT2D eigenvalue weighted by atomic mass is 79.9. The number of aryl methyl sites for hydroxylation is 2. The normalized spacial score (nSPS) is 12.4. The van der Waals surface area contributed by atoms with Crippen LogP contribution in [0, 0.1) is 19.7 Å². The first-order chi connectivity index (χ1) is 10.0. The first-order valence-electron chi connectivity index (χ1n) is 7.28. The molecule has 0 aliphatic carbocycles. The van der Waals surface area contributed by atoms with Crippen molar-refractivity contribution in [2.24, 2.45) is 0 Å². The van der Waals surface area contributed by atoms with Crippen molar-refractivity contribution in [2.75, 3.05) is 6.54 Å². The summed E-state index contributed by atoms with van der Waals surface area (Å²) in [6, 6.07) is 11.6. The molecule has 0 aromatic heterocycles. The Morgan fingerprint density at radius 2 is 1.67 bits per heavy atom. The van der Waals surface area contributed by atoms with Gasteiger partial charge in [-0.25, -0.2) is 4.39 Å². The van der Waals surface area contributed by atoms with Crippen LogP contribution in [0.1, 0.15) is 41.6 Å². The summed E-state index contributed by atoms with van der Waals surface area (Å²) in [7, 11) is 0. The molecular weight excluding hydrogens is 329 g/mol. The Balaban J connectivity index is 2.47. The quantitative estimate of drug-likeness (QED) is 0.772. The van der Waals surface area contributed by atoms with E-state index in [0.29, 0.717) is 0 Å². The summed E-state index contributed by atoms with van der Waals surface area (Å²) in [5.74, 6) is -0.168. The molecule has 0 amide bonds. The van der Waals surface area contributed by atoms with Gasteiger partial charge in [0.05, 0.1) is 6.04 Å². The Hall–Kier alpha value is -1.19. The summed E-state index contributed by atoms with van der Waals surface area (Å²) in [5, 5.41) is 3.58. The van der Waals surface area contributed by atoms with Crippen LogP contribution in [0.5, 0.6) is 0 Å². The van der Waals surface area contributed by atoms with E-state index in [1.54, 1.807) is 12.1 Å². The maximum Gasteiger partial charge on any atom is 0.123 e. The molecule has 0 heterocycles. The Morgan fingerprint density at radius 1 is 1.10 bits per heavy atom. The fraction of sp³-hybridized carbons (Fsp3) is 0.333. The molecule has 0 saturated heterocycles. The van der Waals surface area contributed by atoms with E-state index in [1.165, 1.54) is 11.1 Å². The summed E-state index contributed by atoms with van der Waals surface area (Å²) in [5.41, 5.74) is 4.35. The van der Waals surface area contributed by atoms with Gasteiger partial charge in [0.25, 0.3) is 0 Å². The van der Waals surface area contributed by atoms with E-state index in [-0.39, 0.29) is 11.9 Å². The van der Waals surface area contributed by atoms with Gasteiger partial charge in [0.2, 0.25) is 0 Å². The minimum Gasteiger partial charge on any atom is -0.306 e. The van der Waals surface area contributed by atoms with Crippen molar-refractivity contribution in [3.05, 3.63) is 68.9 Å². The average Bonchev–Trinajstić information content (AvgIpc) is 2.42. The van der Waals surface area contributed by atoms with Crippen molar-refractivity contribution < 1.29 is 4.39 Å². The molecule has 3 heteroatoms. The predicted molar refractivity (Wildman–Crippen MR) is 90.2 cm³/mol. The Bertz CT molecular complexity index is 584. The molecule has 0 radical (unpaired) electrons. The van der Waals surface area contributed by atoms with Gasteiger partial charge in [-0.2, -0.15) is 0 Å². The van der Waals surface area contributed by atoms with Gasteiger partial charge in [-0.1, -0.05) is 35.0 Å². The van der Waals surface area contributed by atoms with Crippen molar-refractivity contribution >= 4 is 15.9 Å². The van der Waals surface area contributed by atoms with Crippen molar-refractivity contribution in [3.8, 4) is 0 Å². The molecular formula is C18H21BrFN. The molecule has 0 aliphatic heterocycles. The third-order valence-electron chi connectivity index (χ3n) is 3.65. The molecule has 2 aromatic rings. The first-order valence-corrected chi connectivity index (χ1v) is 8.07. The minimum absolute atomic E-state index is 0.0960. The third kappa shape index (κ3) is 3.92. The maximum atomic E-state index is 13.6. The first kappa shape index (κ1) is 16.2. The van der Waals surface area contributed by atoms with Gasteiger partial charge in [-0.05, 0) is 73.3 Å². The van der Waals surface area contributed by atoms with Gasteiger partial charge in [0.15, 0.2) is 0 Å². The third-order valence-corrected chi connectivity index (χ3v) is 4.18. The zero-order valence-corrected chi connectivity index (χ0v) is 14.3. The van der Waals surface area contributed by atoms with Crippen LogP contribution < -0.4 is 5.32 Å². The van der Waals surface area contributed by atoms with Crippen molar-refractivity contribution in [1.82, 2.24) is 5.32 Å². The van der Waals surface area contributed by atoms with Crippen LogP contribution in [0.25, 0.3) is 0 Å². The summed E-state index contributed by atoms with van der Waals surface area (Å²) >= 11 is 3.47. The molecule has 2 aromatic carbocycles. The molecule has 112 valence electrons. The number of halogens is 2. The average molecular weight is 350 g/mol. The minimum atomic E-state index is -0.168. The number of rotatable bonds is 5. The lowest BCUT2D eigenvalue weighted by Gasteiger charge is -2.24. The molecule has 1 atom stereocenters. The molecule has 1 N–H and O–H groups in total. The second-order valence-electron chi connectivity index (χ2n) is 5.39. The Kier molecular flexibility index (Phi) is 5.54. The van der Waals surface area contributed by atoms with Gasteiger partial charge >= 0.3 is 0 Å². The smallest absolute Gasteiger partial charge is 0.123 e. The second-order valence-corrected chi connectivity index (χ2v) is 6.31. The fourth-order valence-electron chi connectivity index (χ4n) is 2.71. The van der Waals surface area contributed by atoms with E-state index in [4.69, 9.17) is 0 Å². The van der Waals surface area contributed by atoms with E-state index >= 15 is 0 Å². The molecule has 0 bridgehead atoms. The molecule has 0 fully saturated rings. The summed E-state index contributed by atoms with van der Waals surface area (Å²) in [6.07, 6.45) is 1.06. The van der Waals surface area contributed by atoms with E-state index in [9.17, 15) is 4.39 Å². The number of nitrogens with one attached hydrogen (secondary N) is 1. The van der Waals surface area contributed by atoms with E-state index < -0.39 is 0 Å². The van der Waals surface area contributed by atoms with E-state index in [2.05, 4.69) is 40.3 Å². The van der Waals surface area contributed by atoms with Crippen LogP contribution in [0.15, 0.2) is 40.9 Å². The van der Waals surface area contributed by atoms with Crippen LogP contribution >= 0.6 is 15.9 Å². The molecule has 0 aliphatic rings. The molecule has 1 unspecified atom stereocenters. The predicted octanol–water partition coefficient (Wildman–Crippen LogP) is 5.29. The monoisotopic (exact) mass is 349 g/mol. The zero-order chi connectivity index (χ0) is 15.4. The lowest BCUT2D eigenvalue weighted by atomic mass is 9.91. The highest BCUT2D eigenvalue weighted by molar-refractivity contribution is 9.10. The largest absolute Gasteiger partial charge is 0.306 e. The number of hydrogen-bond donors (Lipinski definition) is 1. The van der Waals surface area contributed by atoms with Crippen molar-refractivity contribution in [1.29, 1.82) is 0 Å². The summed E-state index contributed by atoms with van der Waals surface area (Å²) < 4.78 is 14.6. The number of benzene rings is 2. The lowest BCUT2D eigenvalue weighted by molar-refractivity contribution is 0.586. The highest BCUT2D eigenvalue weighted by Crippen LogP contribution is 2.29. The topological polar surface area (TPSA) is 12.0 Å². The van der Waals surface area contributed by atoms with Crippen LogP contribution in [0.4, 0.5) is 4.39 Å². The maximum absolute atomic E-state index is 13.6. The van der Waals surface area contributed by atoms with E-state index in [0.717, 1.165) is 28.6 Å². The van der Waals surface area contributed by atoms with Crippen molar-refractivity contribution in [2.45, 2.75) is 33.2 Å². The van der Waals surface area contributed by atoms with Crippen molar-refractivity contribution in [3.63, 3.8) is 0 Å². The van der Waals surface area contributed by atoms with E-state index in [1.807, 2.05) is 26.0 Å². The van der Waals surface area contributed by atoms with Crippen LogP contribution in [-0.4, -0.2) is 6.54 Å². The molecule has 0 saturated carbocycles. The standard InChI is InChI=1S/C18H21BrFN/c1-4-9-21-18(14-5-7-15(19)8-6-14)17-12(2)10-16(20)11-13(17)3/h5-8,10-11,18,21H,4,9H2,1-3H3. The van der Waals surface area contributed by atoms with Crippen LogP contribution in [-0.2, 0) is 0 Å². The summed E-state index contributed by atoms with van der Waals surface area (Å²) in [4.78, 5) is 0. The van der Waals surface area contributed by atoms with Gasteiger partial charge in [0, 0.05) is 4.47 Å². The molecule has 21 heavy (non-hydrogen) atoms. The second kappa shape index (κ2) is 7.19. The molecule has 2 rings (SSSR count). The number of hydrogen-bond acceptors (Lipinski definition) is 1. The molecule has 1 nitrogen and oxygen atoms in total. The Labute approximate surface area is 134 Å². The van der Waals surface area contributed by atoms with Gasteiger partial charge in [0.1, 0.15) is 5.82 Å². The van der Waals surface area contributed by atoms with Gasteiger partial charge < -0.3 is 5.32 Å².